The Morgan fingerprint density at radius 1 is 0.938 bits per heavy atom. The molecule has 2 atom stereocenters. The van der Waals surface area contributed by atoms with Gasteiger partial charge >= 0.3 is 6.03 Å². The van der Waals surface area contributed by atoms with Gasteiger partial charge in [-0.15, -0.1) is 0 Å². The van der Waals surface area contributed by atoms with Gasteiger partial charge in [0, 0.05) is 0 Å². The highest BCUT2D eigenvalue weighted by Gasteiger charge is 2.29. The Hall–Kier alpha value is -0.810. The number of carbonyl (C=O) groups excluding carboxylic acids is 1. The second-order valence-corrected chi connectivity index (χ2v) is 5.45. The Morgan fingerprint density at radius 3 is 1.38 bits per heavy atom. The highest BCUT2D eigenvalue weighted by molar-refractivity contribution is 5.75. The lowest BCUT2D eigenvalue weighted by Gasteiger charge is -2.35. The van der Waals surface area contributed by atoms with E-state index >= 15 is 0 Å². The monoisotopic (exact) mass is 230 g/mol. The fourth-order valence-corrected chi connectivity index (χ4v) is 0.809. The van der Waals surface area contributed by atoms with Gasteiger partial charge in [0.1, 0.15) is 0 Å². The summed E-state index contributed by atoms with van der Waals surface area (Å²) in [4.78, 5) is 11.7. The first-order chi connectivity index (χ1) is 6.99. The van der Waals surface area contributed by atoms with Crippen molar-refractivity contribution < 1.29 is 4.79 Å². The average Bonchev–Trinajstić information content (AvgIpc) is 2.00. The number of nitrogens with two attached hydrogens (primary N) is 2. The van der Waals surface area contributed by atoms with Gasteiger partial charge in [-0.1, -0.05) is 27.7 Å². The maximum atomic E-state index is 11.7. The fourth-order valence-electron chi connectivity index (χ4n) is 0.809. The summed E-state index contributed by atoms with van der Waals surface area (Å²) >= 11 is 0. The molecule has 0 saturated heterocycles. The van der Waals surface area contributed by atoms with Crippen molar-refractivity contribution >= 4 is 6.03 Å². The third-order valence-electron chi connectivity index (χ3n) is 3.16. The van der Waals surface area contributed by atoms with Crippen molar-refractivity contribution in [2.75, 3.05) is 0 Å². The van der Waals surface area contributed by atoms with Crippen LogP contribution in [0.3, 0.4) is 0 Å². The fraction of sp³-hybridized carbons (Fsp3) is 0.909. The molecule has 6 N–H and O–H groups in total. The van der Waals surface area contributed by atoms with Crippen LogP contribution in [0.1, 0.15) is 41.5 Å². The quantitative estimate of drug-likeness (QED) is 0.542. The van der Waals surface area contributed by atoms with E-state index in [0.717, 1.165) is 0 Å². The van der Waals surface area contributed by atoms with E-state index in [-0.39, 0.29) is 17.9 Å². The summed E-state index contributed by atoms with van der Waals surface area (Å²) in [6, 6.07) is -0.336. The predicted molar refractivity (Wildman–Crippen MR) is 66.5 cm³/mol. The lowest BCUT2D eigenvalue weighted by Crippen LogP contribution is -2.65. The molecule has 0 heterocycles. The second kappa shape index (κ2) is 5.01. The Kier molecular flexibility index (Phi) is 4.76. The average molecular weight is 230 g/mol. The zero-order valence-corrected chi connectivity index (χ0v) is 11.2. The topological polar surface area (TPSA) is 93.2 Å². The molecule has 0 aromatic carbocycles. The molecule has 0 saturated carbocycles. The van der Waals surface area contributed by atoms with Crippen LogP contribution in [0.25, 0.3) is 0 Å². The molecule has 0 bridgehead atoms. The second-order valence-electron chi connectivity index (χ2n) is 5.45. The molecule has 0 spiro atoms. The van der Waals surface area contributed by atoms with Gasteiger partial charge in [-0.25, -0.2) is 4.79 Å². The minimum atomic E-state index is -0.739. The molecule has 0 fully saturated rings. The van der Waals surface area contributed by atoms with Gasteiger partial charge < -0.3 is 22.1 Å². The molecule has 5 nitrogen and oxygen atoms in total. The van der Waals surface area contributed by atoms with E-state index in [1.54, 1.807) is 13.8 Å². The third kappa shape index (κ3) is 4.37. The molecular formula is C11H26N4O. The highest BCUT2D eigenvalue weighted by Crippen LogP contribution is 2.11. The molecule has 2 amide bonds. The zero-order chi connectivity index (χ0) is 13.1. The van der Waals surface area contributed by atoms with E-state index in [1.165, 1.54) is 0 Å². The number of amides is 2. The van der Waals surface area contributed by atoms with Crippen LogP contribution in [0.4, 0.5) is 4.79 Å². The van der Waals surface area contributed by atoms with Crippen LogP contribution in [0.15, 0.2) is 0 Å². The molecule has 0 aromatic rings. The number of nitrogens with one attached hydrogen (secondary N) is 2. The molecular weight excluding hydrogens is 204 g/mol. The van der Waals surface area contributed by atoms with E-state index in [4.69, 9.17) is 11.5 Å². The van der Waals surface area contributed by atoms with Crippen molar-refractivity contribution in [3.63, 3.8) is 0 Å². The molecule has 96 valence electrons. The summed E-state index contributed by atoms with van der Waals surface area (Å²) < 4.78 is 0. The Labute approximate surface area is 98.3 Å². The van der Waals surface area contributed by atoms with Crippen molar-refractivity contribution in [2.45, 2.75) is 52.9 Å². The molecule has 0 aromatic heterocycles. The first-order valence-electron chi connectivity index (χ1n) is 5.67. The van der Waals surface area contributed by atoms with E-state index in [1.807, 2.05) is 27.7 Å². The van der Waals surface area contributed by atoms with Crippen molar-refractivity contribution in [1.29, 1.82) is 0 Å². The number of urea groups is 1. The highest BCUT2D eigenvalue weighted by atomic mass is 16.2. The van der Waals surface area contributed by atoms with E-state index < -0.39 is 11.3 Å². The summed E-state index contributed by atoms with van der Waals surface area (Å²) in [5.41, 5.74) is 10.4. The van der Waals surface area contributed by atoms with Crippen LogP contribution in [0.5, 0.6) is 0 Å². The molecule has 2 unspecified atom stereocenters. The van der Waals surface area contributed by atoms with E-state index in [9.17, 15) is 4.79 Å². The first kappa shape index (κ1) is 15.2. The van der Waals surface area contributed by atoms with Crippen LogP contribution < -0.4 is 22.1 Å². The smallest absolute Gasteiger partial charge is 0.317 e. The van der Waals surface area contributed by atoms with Crippen LogP contribution >= 0.6 is 0 Å². The van der Waals surface area contributed by atoms with Gasteiger partial charge in [-0.2, -0.15) is 0 Å². The normalized spacial score (nSPS) is 19.1. The summed E-state index contributed by atoms with van der Waals surface area (Å²) in [5.74, 6) is 0.280. The summed E-state index contributed by atoms with van der Waals surface area (Å²) in [5, 5.41) is 5.43. The third-order valence-corrected chi connectivity index (χ3v) is 3.16. The zero-order valence-electron chi connectivity index (χ0n) is 11.2. The van der Waals surface area contributed by atoms with Crippen molar-refractivity contribution in [1.82, 2.24) is 10.6 Å². The van der Waals surface area contributed by atoms with Crippen LogP contribution in [0.2, 0.25) is 0 Å². The lowest BCUT2D eigenvalue weighted by atomic mass is 9.98. The van der Waals surface area contributed by atoms with Gasteiger partial charge in [0.25, 0.3) is 0 Å². The van der Waals surface area contributed by atoms with Crippen molar-refractivity contribution in [3.8, 4) is 0 Å². The predicted octanol–water partition coefficient (Wildman–Crippen LogP) is 0.947. The van der Waals surface area contributed by atoms with Gasteiger partial charge in [0.05, 0.1) is 11.3 Å². The van der Waals surface area contributed by atoms with Gasteiger partial charge in [0.2, 0.25) is 0 Å². The number of rotatable bonds is 4. The van der Waals surface area contributed by atoms with Gasteiger partial charge in [0.15, 0.2) is 0 Å². The molecule has 5 heteroatoms. The molecule has 0 aliphatic rings. The molecule has 0 aliphatic heterocycles. The van der Waals surface area contributed by atoms with Crippen LogP contribution in [0, 0.1) is 11.8 Å². The van der Waals surface area contributed by atoms with Crippen LogP contribution in [-0.2, 0) is 0 Å². The Balaban J connectivity index is 4.41. The summed E-state index contributed by atoms with van der Waals surface area (Å²) in [7, 11) is 0. The van der Waals surface area contributed by atoms with E-state index in [2.05, 4.69) is 10.6 Å². The molecule has 0 aliphatic carbocycles. The van der Waals surface area contributed by atoms with Gasteiger partial charge in [-0.3, -0.25) is 0 Å². The van der Waals surface area contributed by atoms with Crippen LogP contribution in [-0.4, -0.2) is 17.4 Å². The Morgan fingerprint density at radius 2 is 1.19 bits per heavy atom. The maximum Gasteiger partial charge on any atom is 0.317 e. The number of hydrogen-bond donors (Lipinski definition) is 4. The molecule has 0 radical (unpaired) electrons. The minimum Gasteiger partial charge on any atom is -0.320 e. The molecule has 0 rings (SSSR count). The molecule has 16 heavy (non-hydrogen) atoms. The summed E-state index contributed by atoms with van der Waals surface area (Å²) in [6.07, 6.45) is 0. The first-order valence-corrected chi connectivity index (χ1v) is 5.67. The van der Waals surface area contributed by atoms with E-state index in [0.29, 0.717) is 0 Å². The maximum absolute atomic E-state index is 11.7. The number of hydrogen-bond acceptors (Lipinski definition) is 3. The minimum absolute atomic E-state index is 0.140. The number of carbonyl (C=O) groups is 1. The van der Waals surface area contributed by atoms with Crippen molar-refractivity contribution in [2.24, 2.45) is 23.3 Å². The summed E-state index contributed by atoms with van der Waals surface area (Å²) in [6.45, 7) is 11.4. The standard InChI is InChI=1S/C11H26N4O/c1-7(2)10(5,12)14-9(16)15-11(6,13)8(3)4/h7-8H,12-13H2,1-6H3,(H2,14,15,16). The SMILES string of the molecule is CC(C)C(C)(N)NC(=O)NC(C)(N)C(C)C. The Bertz CT molecular complexity index is 222. The largest absolute Gasteiger partial charge is 0.320 e. The van der Waals surface area contributed by atoms with Crippen molar-refractivity contribution in [3.05, 3.63) is 0 Å². The van der Waals surface area contributed by atoms with Gasteiger partial charge in [-0.05, 0) is 25.7 Å². The lowest BCUT2D eigenvalue weighted by molar-refractivity contribution is 0.192.